The number of nitriles is 1. The predicted molar refractivity (Wildman–Crippen MR) is 97.4 cm³/mol. The summed E-state index contributed by atoms with van der Waals surface area (Å²) in [6.07, 6.45) is 0. The van der Waals surface area contributed by atoms with E-state index < -0.39 is 10.1 Å². The molecule has 0 saturated heterocycles. The summed E-state index contributed by atoms with van der Waals surface area (Å²) in [5.74, 6) is 0.505. The summed E-state index contributed by atoms with van der Waals surface area (Å²) >= 11 is 3.22. The van der Waals surface area contributed by atoms with Crippen molar-refractivity contribution in [3.8, 4) is 29.1 Å². The second-order valence-electron chi connectivity index (χ2n) is 4.88. The van der Waals surface area contributed by atoms with Crippen molar-refractivity contribution in [1.29, 1.82) is 5.26 Å². The van der Waals surface area contributed by atoms with Crippen LogP contribution in [0.25, 0.3) is 0 Å². The molecule has 0 atom stereocenters. The van der Waals surface area contributed by atoms with Gasteiger partial charge < -0.3 is 18.4 Å². The van der Waals surface area contributed by atoms with Crippen LogP contribution < -0.4 is 18.4 Å². The average molecular weight is 442 g/mol. The van der Waals surface area contributed by atoms with Gasteiger partial charge in [0.05, 0.1) is 36.9 Å². The highest BCUT2D eigenvalue weighted by Gasteiger charge is 2.26. The molecule has 9 heteroatoms. The van der Waals surface area contributed by atoms with E-state index >= 15 is 0 Å². The lowest BCUT2D eigenvalue weighted by atomic mass is 10.2. The molecule has 0 aromatic heterocycles. The van der Waals surface area contributed by atoms with Gasteiger partial charge in [0.2, 0.25) is 0 Å². The fourth-order valence-corrected chi connectivity index (χ4v) is 3.88. The highest BCUT2D eigenvalue weighted by atomic mass is 79.9. The molecule has 0 fully saturated rings. The maximum atomic E-state index is 12.8. The molecule has 138 valence electrons. The van der Waals surface area contributed by atoms with Gasteiger partial charge in [-0.25, -0.2) is 0 Å². The monoisotopic (exact) mass is 441 g/mol. The van der Waals surface area contributed by atoms with Crippen LogP contribution in [0.1, 0.15) is 12.5 Å². The maximum absolute atomic E-state index is 12.8. The van der Waals surface area contributed by atoms with Gasteiger partial charge in [0, 0.05) is 12.1 Å². The number of methoxy groups -OCH3 is 2. The first-order chi connectivity index (χ1) is 12.4. The minimum atomic E-state index is -4.27. The molecule has 0 spiro atoms. The molecule has 0 amide bonds. The summed E-state index contributed by atoms with van der Waals surface area (Å²) in [5, 5.41) is 9.07. The molecule has 0 aliphatic carbocycles. The zero-order valence-electron chi connectivity index (χ0n) is 14.3. The van der Waals surface area contributed by atoms with Crippen molar-refractivity contribution < 1.29 is 26.8 Å². The van der Waals surface area contributed by atoms with E-state index in [1.807, 2.05) is 6.07 Å². The zero-order chi connectivity index (χ0) is 19.3. The molecule has 26 heavy (non-hydrogen) atoms. The minimum Gasteiger partial charge on any atom is -0.497 e. The molecule has 0 aliphatic heterocycles. The van der Waals surface area contributed by atoms with Gasteiger partial charge in [0.15, 0.2) is 16.4 Å². The summed E-state index contributed by atoms with van der Waals surface area (Å²) in [6.45, 7) is 2.00. The highest BCUT2D eigenvalue weighted by molar-refractivity contribution is 9.10. The van der Waals surface area contributed by atoms with Crippen LogP contribution in [0.2, 0.25) is 0 Å². The molecule has 0 N–H and O–H groups in total. The van der Waals surface area contributed by atoms with Crippen molar-refractivity contribution in [2.45, 2.75) is 11.8 Å². The molecule has 2 aromatic carbocycles. The SMILES string of the molecule is CCOc1cc(C#N)cc(Br)c1OS(=O)(=O)c1cc(OC)ccc1OC. The number of hydrogen-bond acceptors (Lipinski definition) is 7. The number of benzene rings is 2. The molecule has 0 aliphatic rings. The lowest BCUT2D eigenvalue weighted by molar-refractivity contribution is 0.326. The first kappa shape index (κ1) is 19.9. The van der Waals surface area contributed by atoms with Crippen molar-refractivity contribution in [3.63, 3.8) is 0 Å². The zero-order valence-corrected chi connectivity index (χ0v) is 16.7. The van der Waals surface area contributed by atoms with Crippen molar-refractivity contribution >= 4 is 26.0 Å². The third kappa shape index (κ3) is 4.20. The number of ether oxygens (including phenoxy) is 3. The normalized spacial score (nSPS) is 10.7. The van der Waals surface area contributed by atoms with Gasteiger partial charge in [0.1, 0.15) is 11.5 Å². The summed E-state index contributed by atoms with van der Waals surface area (Å²) in [7, 11) is -1.50. The first-order valence-electron chi connectivity index (χ1n) is 7.39. The molecule has 0 saturated carbocycles. The third-order valence-corrected chi connectivity index (χ3v) is 5.10. The van der Waals surface area contributed by atoms with Gasteiger partial charge >= 0.3 is 10.1 Å². The lowest BCUT2D eigenvalue weighted by Gasteiger charge is -2.15. The smallest absolute Gasteiger partial charge is 0.343 e. The highest BCUT2D eigenvalue weighted by Crippen LogP contribution is 2.40. The number of rotatable bonds is 7. The fraction of sp³-hybridized carbons (Fsp3) is 0.235. The van der Waals surface area contributed by atoms with Crippen LogP contribution in [0.15, 0.2) is 39.7 Å². The van der Waals surface area contributed by atoms with Gasteiger partial charge in [-0.15, -0.1) is 0 Å². The van der Waals surface area contributed by atoms with E-state index in [1.165, 1.54) is 38.5 Å². The van der Waals surface area contributed by atoms with E-state index in [0.717, 1.165) is 0 Å². The fourth-order valence-electron chi connectivity index (χ4n) is 2.11. The molecule has 0 unspecified atom stereocenters. The van der Waals surface area contributed by atoms with Crippen molar-refractivity contribution in [2.75, 3.05) is 20.8 Å². The Balaban J connectivity index is 2.56. The van der Waals surface area contributed by atoms with Gasteiger partial charge in [-0.3, -0.25) is 0 Å². The number of halogens is 1. The van der Waals surface area contributed by atoms with Crippen LogP contribution in [-0.4, -0.2) is 29.2 Å². The van der Waals surface area contributed by atoms with Crippen molar-refractivity contribution in [3.05, 3.63) is 40.4 Å². The molecule has 2 aromatic rings. The average Bonchev–Trinajstić information content (AvgIpc) is 2.63. The lowest BCUT2D eigenvalue weighted by Crippen LogP contribution is -2.13. The minimum absolute atomic E-state index is 0.0595. The Morgan fingerprint density at radius 2 is 1.85 bits per heavy atom. The van der Waals surface area contributed by atoms with Crippen LogP contribution in [0.4, 0.5) is 0 Å². The predicted octanol–water partition coefficient (Wildman–Crippen LogP) is 3.50. The van der Waals surface area contributed by atoms with E-state index in [2.05, 4.69) is 15.9 Å². The molecular formula is C17H16BrNO6S. The Bertz CT molecular complexity index is 952. The third-order valence-electron chi connectivity index (χ3n) is 3.27. The summed E-state index contributed by atoms with van der Waals surface area (Å²) in [6, 6.07) is 9.15. The van der Waals surface area contributed by atoms with Crippen LogP contribution in [-0.2, 0) is 10.1 Å². The Labute approximate surface area is 160 Å². The van der Waals surface area contributed by atoms with E-state index in [1.54, 1.807) is 13.0 Å². The van der Waals surface area contributed by atoms with Crippen LogP contribution >= 0.6 is 15.9 Å². The van der Waals surface area contributed by atoms with Gasteiger partial charge in [0.25, 0.3) is 0 Å². The Kier molecular flexibility index (Phi) is 6.34. The van der Waals surface area contributed by atoms with E-state index in [0.29, 0.717) is 11.3 Å². The van der Waals surface area contributed by atoms with Crippen molar-refractivity contribution in [2.24, 2.45) is 0 Å². The van der Waals surface area contributed by atoms with Gasteiger partial charge in [-0.2, -0.15) is 13.7 Å². The molecular weight excluding hydrogens is 426 g/mol. The molecule has 0 heterocycles. The second-order valence-corrected chi connectivity index (χ2v) is 7.25. The maximum Gasteiger partial charge on any atom is 0.343 e. The summed E-state index contributed by atoms with van der Waals surface area (Å²) in [5.41, 5.74) is 0.295. The Morgan fingerprint density at radius 1 is 1.12 bits per heavy atom. The molecule has 0 bridgehead atoms. The molecule has 7 nitrogen and oxygen atoms in total. The Hall–Kier alpha value is -2.44. The summed E-state index contributed by atoms with van der Waals surface area (Å²) in [4.78, 5) is -0.196. The Morgan fingerprint density at radius 3 is 2.42 bits per heavy atom. The van der Waals surface area contributed by atoms with Crippen LogP contribution in [0.5, 0.6) is 23.0 Å². The first-order valence-corrected chi connectivity index (χ1v) is 9.59. The van der Waals surface area contributed by atoms with Crippen LogP contribution in [0.3, 0.4) is 0 Å². The van der Waals surface area contributed by atoms with E-state index in [-0.39, 0.29) is 33.2 Å². The number of hydrogen-bond donors (Lipinski definition) is 0. The summed E-state index contributed by atoms with van der Waals surface area (Å²) < 4.78 is 46.8. The molecule has 0 radical (unpaired) electrons. The van der Waals surface area contributed by atoms with E-state index in [9.17, 15) is 8.42 Å². The van der Waals surface area contributed by atoms with Gasteiger partial charge in [-0.1, -0.05) is 0 Å². The van der Waals surface area contributed by atoms with E-state index in [4.69, 9.17) is 23.7 Å². The quantitative estimate of drug-likeness (QED) is 0.606. The van der Waals surface area contributed by atoms with Crippen molar-refractivity contribution in [1.82, 2.24) is 0 Å². The largest absolute Gasteiger partial charge is 0.497 e. The molecule has 2 rings (SSSR count). The van der Waals surface area contributed by atoms with Crippen LogP contribution in [0, 0.1) is 11.3 Å². The standard InChI is InChI=1S/C17H16BrNO6S/c1-4-24-15-8-11(10-19)7-13(18)17(15)25-26(20,21)16-9-12(22-2)5-6-14(16)23-3/h5-9H,4H2,1-3H3. The second kappa shape index (κ2) is 8.29. The topological polar surface area (TPSA) is 94.9 Å². The number of nitrogens with zero attached hydrogens (tertiary/aromatic N) is 1. The van der Waals surface area contributed by atoms with Gasteiger partial charge in [-0.05, 0) is 41.1 Å².